The Kier molecular flexibility index (Phi) is 4.92. The largest absolute Gasteiger partial charge is 0.478 e. The zero-order valence-corrected chi connectivity index (χ0v) is 13.4. The van der Waals surface area contributed by atoms with Crippen molar-refractivity contribution in [1.29, 1.82) is 0 Å². The molecule has 0 aliphatic heterocycles. The topological polar surface area (TPSA) is 96.2 Å². The predicted molar refractivity (Wildman–Crippen MR) is 83.9 cm³/mol. The molecule has 120 valence electrons. The first-order chi connectivity index (χ1) is 10.6. The summed E-state index contributed by atoms with van der Waals surface area (Å²) in [5.74, 6) is -0.444. The Morgan fingerprint density at radius 1 is 1.27 bits per heavy atom. The van der Waals surface area contributed by atoms with Crippen LogP contribution in [0.5, 0.6) is 0 Å². The van der Waals surface area contributed by atoms with Gasteiger partial charge in [0.05, 0.1) is 5.69 Å². The lowest BCUT2D eigenvalue weighted by atomic mass is 10.1. The number of hydrogen-bond acceptors (Lipinski definition) is 6. The number of nitrogens with one attached hydrogen (secondary N) is 1. The highest BCUT2D eigenvalue weighted by atomic mass is 16.4. The lowest BCUT2D eigenvalue weighted by Crippen LogP contribution is -2.30. The number of aromatic carboxylic acids is 1. The van der Waals surface area contributed by atoms with E-state index in [2.05, 4.69) is 20.7 Å². The maximum atomic E-state index is 11.7. The van der Waals surface area contributed by atoms with Crippen molar-refractivity contribution in [3.05, 3.63) is 11.3 Å². The molecule has 0 aliphatic rings. The number of nitrogens with zero attached hydrogens (tertiary/aromatic N) is 5. The number of aryl methyl sites for hydroxylation is 2. The van der Waals surface area contributed by atoms with Crippen molar-refractivity contribution in [2.24, 2.45) is 0 Å². The predicted octanol–water partition coefficient (Wildman–Crippen LogP) is 1.78. The van der Waals surface area contributed by atoms with Crippen molar-refractivity contribution in [3.63, 3.8) is 0 Å². The van der Waals surface area contributed by atoms with E-state index in [9.17, 15) is 9.90 Å². The summed E-state index contributed by atoms with van der Waals surface area (Å²) < 4.78 is 1.60. The molecule has 2 aromatic heterocycles. The lowest BCUT2D eigenvalue weighted by molar-refractivity contribution is 0.0697. The molecule has 0 saturated heterocycles. The fourth-order valence-electron chi connectivity index (χ4n) is 2.41. The van der Waals surface area contributed by atoms with Gasteiger partial charge in [0.15, 0.2) is 11.3 Å². The van der Waals surface area contributed by atoms with Gasteiger partial charge in [0, 0.05) is 19.6 Å². The summed E-state index contributed by atoms with van der Waals surface area (Å²) in [6, 6.07) is 0. The maximum absolute atomic E-state index is 11.7. The Bertz CT molecular complexity index is 678. The van der Waals surface area contributed by atoms with Crippen molar-refractivity contribution in [1.82, 2.24) is 25.0 Å². The van der Waals surface area contributed by atoms with E-state index < -0.39 is 5.97 Å². The molecule has 0 aliphatic carbocycles. The molecule has 0 bridgehead atoms. The normalized spacial score (nSPS) is 11.3. The first-order valence-electron chi connectivity index (χ1n) is 7.58. The van der Waals surface area contributed by atoms with Crippen molar-refractivity contribution in [2.45, 2.75) is 40.7 Å². The smallest absolute Gasteiger partial charge is 0.339 e. The molecule has 0 amide bonds. The summed E-state index contributed by atoms with van der Waals surface area (Å²) in [6.45, 7) is 10.00. The van der Waals surface area contributed by atoms with Crippen LogP contribution in [0.4, 0.5) is 5.82 Å². The van der Waals surface area contributed by atoms with E-state index in [1.807, 2.05) is 32.7 Å². The molecule has 0 aromatic carbocycles. The second-order valence-corrected chi connectivity index (χ2v) is 4.83. The van der Waals surface area contributed by atoms with Crippen LogP contribution in [-0.2, 0) is 13.0 Å². The van der Waals surface area contributed by atoms with Crippen LogP contribution in [0, 0.1) is 0 Å². The second kappa shape index (κ2) is 6.69. The molecular formula is C14H22N6O2. The molecule has 0 spiro atoms. The highest BCUT2D eigenvalue weighted by Crippen LogP contribution is 2.26. The van der Waals surface area contributed by atoms with Gasteiger partial charge in [-0.15, -0.1) is 5.10 Å². The van der Waals surface area contributed by atoms with Crippen LogP contribution in [0.3, 0.4) is 0 Å². The van der Waals surface area contributed by atoms with Crippen molar-refractivity contribution < 1.29 is 9.90 Å². The number of anilines is 1. The maximum Gasteiger partial charge on any atom is 0.339 e. The molecule has 22 heavy (non-hydrogen) atoms. The fraction of sp³-hybridized carbons (Fsp3) is 0.571. The third kappa shape index (κ3) is 2.74. The van der Waals surface area contributed by atoms with Gasteiger partial charge in [-0.1, -0.05) is 26.0 Å². The van der Waals surface area contributed by atoms with Crippen LogP contribution in [0.25, 0.3) is 11.0 Å². The zero-order chi connectivity index (χ0) is 16.3. The second-order valence-electron chi connectivity index (χ2n) is 4.83. The number of pyridine rings is 1. The molecule has 2 heterocycles. The van der Waals surface area contributed by atoms with Gasteiger partial charge in [0.2, 0.25) is 0 Å². The van der Waals surface area contributed by atoms with E-state index in [4.69, 9.17) is 0 Å². The van der Waals surface area contributed by atoms with Crippen LogP contribution < -0.4 is 5.43 Å². The molecule has 0 saturated carbocycles. The number of carbonyl (C=O) groups is 1. The van der Waals surface area contributed by atoms with E-state index >= 15 is 0 Å². The van der Waals surface area contributed by atoms with Crippen LogP contribution >= 0.6 is 0 Å². The first kappa shape index (κ1) is 16.2. The van der Waals surface area contributed by atoms with E-state index in [1.54, 1.807) is 4.68 Å². The first-order valence-corrected chi connectivity index (χ1v) is 7.58. The van der Waals surface area contributed by atoms with E-state index in [1.165, 1.54) is 0 Å². The highest BCUT2D eigenvalue weighted by molar-refractivity contribution is 6.04. The average Bonchev–Trinajstić information content (AvgIpc) is 2.95. The number of rotatable bonds is 7. The van der Waals surface area contributed by atoms with Gasteiger partial charge in [-0.25, -0.2) is 19.5 Å². The quantitative estimate of drug-likeness (QED) is 0.752. The van der Waals surface area contributed by atoms with Gasteiger partial charge < -0.3 is 10.5 Å². The summed E-state index contributed by atoms with van der Waals surface area (Å²) in [6.07, 6.45) is 0.527. The molecular weight excluding hydrogens is 284 g/mol. The number of hydrogen-bond donors (Lipinski definition) is 2. The molecule has 0 unspecified atom stereocenters. The van der Waals surface area contributed by atoms with Gasteiger partial charge in [0.1, 0.15) is 11.1 Å². The third-order valence-corrected chi connectivity index (χ3v) is 3.61. The van der Waals surface area contributed by atoms with Crippen LogP contribution in [-0.4, -0.2) is 49.2 Å². The lowest BCUT2D eigenvalue weighted by Gasteiger charge is -2.21. The minimum Gasteiger partial charge on any atom is -0.478 e. The van der Waals surface area contributed by atoms with Crippen LogP contribution in [0.15, 0.2) is 0 Å². The standard InChI is InChI=1S/C14H22N6O2/c1-5-9-10(14(21)22)12-11(16-18-20(12)8-4)13(15-9)17-19(6-2)7-3/h5-8H2,1-4H3,(H,15,17)(H,21,22). The summed E-state index contributed by atoms with van der Waals surface area (Å²) >= 11 is 0. The number of fused-ring (bicyclic) bond motifs is 1. The number of hydrazine groups is 1. The Balaban J connectivity index is 2.71. The van der Waals surface area contributed by atoms with Gasteiger partial charge >= 0.3 is 5.97 Å². The Labute approximate surface area is 129 Å². The van der Waals surface area contributed by atoms with Gasteiger partial charge in [-0.05, 0) is 13.3 Å². The Hall–Kier alpha value is -2.22. The fourth-order valence-corrected chi connectivity index (χ4v) is 2.41. The molecule has 2 aromatic rings. The zero-order valence-electron chi connectivity index (χ0n) is 13.4. The summed E-state index contributed by atoms with van der Waals surface area (Å²) in [5, 5.41) is 19.7. The van der Waals surface area contributed by atoms with E-state index in [0.717, 1.165) is 13.1 Å². The van der Waals surface area contributed by atoms with E-state index in [-0.39, 0.29) is 5.56 Å². The number of carboxylic acids is 1. The third-order valence-electron chi connectivity index (χ3n) is 3.61. The van der Waals surface area contributed by atoms with Gasteiger partial charge in [-0.3, -0.25) is 0 Å². The minimum absolute atomic E-state index is 0.189. The van der Waals surface area contributed by atoms with Gasteiger partial charge in [-0.2, -0.15) is 0 Å². The summed E-state index contributed by atoms with van der Waals surface area (Å²) in [7, 11) is 0. The molecule has 8 nitrogen and oxygen atoms in total. The molecule has 0 radical (unpaired) electrons. The van der Waals surface area contributed by atoms with E-state index in [0.29, 0.717) is 35.5 Å². The van der Waals surface area contributed by atoms with Crippen LogP contribution in [0.2, 0.25) is 0 Å². The molecule has 0 fully saturated rings. The van der Waals surface area contributed by atoms with Crippen LogP contribution in [0.1, 0.15) is 43.7 Å². The van der Waals surface area contributed by atoms with Gasteiger partial charge in [0.25, 0.3) is 0 Å². The van der Waals surface area contributed by atoms with Crippen molar-refractivity contribution in [3.8, 4) is 0 Å². The molecule has 2 N–H and O–H groups in total. The Morgan fingerprint density at radius 2 is 1.95 bits per heavy atom. The summed E-state index contributed by atoms with van der Waals surface area (Å²) in [5.41, 5.74) is 4.95. The summed E-state index contributed by atoms with van der Waals surface area (Å²) in [4.78, 5) is 16.1. The molecule has 8 heteroatoms. The minimum atomic E-state index is -0.999. The highest BCUT2D eigenvalue weighted by Gasteiger charge is 2.23. The van der Waals surface area contributed by atoms with Crippen molar-refractivity contribution >= 4 is 22.8 Å². The monoisotopic (exact) mass is 306 g/mol. The molecule has 2 rings (SSSR count). The number of carboxylic acid groups (broad SMARTS) is 1. The van der Waals surface area contributed by atoms with Crippen molar-refractivity contribution in [2.75, 3.05) is 18.5 Å². The number of aromatic nitrogens is 4. The molecule has 0 atom stereocenters. The SMILES string of the molecule is CCc1nc(NN(CC)CC)c2nnn(CC)c2c1C(=O)O. The Morgan fingerprint density at radius 3 is 2.45 bits per heavy atom. The average molecular weight is 306 g/mol.